The van der Waals surface area contributed by atoms with Crippen LogP contribution in [0.2, 0.25) is 5.02 Å². The molecular weight excluding hydrogens is 250 g/mol. The van der Waals surface area contributed by atoms with Gasteiger partial charge in [0.25, 0.3) is 0 Å². The fourth-order valence-electron chi connectivity index (χ4n) is 1.78. The molecule has 0 aliphatic rings. The van der Waals surface area contributed by atoms with Crippen molar-refractivity contribution in [3.05, 3.63) is 40.2 Å². The molecule has 0 aliphatic carbocycles. The van der Waals surface area contributed by atoms with E-state index >= 15 is 0 Å². The zero-order valence-corrected chi connectivity index (χ0v) is 11.5. The molecule has 0 bridgehead atoms. The number of aryl methyl sites for hydroxylation is 3. The van der Waals surface area contributed by atoms with Crippen LogP contribution in [-0.2, 0) is 13.7 Å². The van der Waals surface area contributed by atoms with Crippen LogP contribution in [0.5, 0.6) is 5.75 Å². The lowest BCUT2D eigenvalue weighted by atomic mass is 10.2. The summed E-state index contributed by atoms with van der Waals surface area (Å²) < 4.78 is 7.41. The fourth-order valence-corrected chi connectivity index (χ4v) is 2.00. The molecule has 0 unspecified atom stereocenters. The van der Waals surface area contributed by atoms with Crippen LogP contribution in [0.4, 0.5) is 5.69 Å². The summed E-state index contributed by atoms with van der Waals surface area (Å²) in [6.07, 6.45) is 0. The lowest BCUT2D eigenvalue weighted by molar-refractivity contribution is 0.296. The van der Waals surface area contributed by atoms with Gasteiger partial charge in [-0.25, -0.2) is 0 Å². The second kappa shape index (κ2) is 4.90. The Morgan fingerprint density at radius 3 is 2.67 bits per heavy atom. The first kappa shape index (κ1) is 12.8. The molecule has 0 atom stereocenters. The van der Waals surface area contributed by atoms with Crippen molar-refractivity contribution in [3.63, 3.8) is 0 Å². The van der Waals surface area contributed by atoms with Gasteiger partial charge in [-0.3, -0.25) is 4.68 Å². The predicted octanol–water partition coefficient (Wildman–Crippen LogP) is 2.85. The largest absolute Gasteiger partial charge is 0.485 e. The van der Waals surface area contributed by atoms with Gasteiger partial charge in [-0.15, -0.1) is 0 Å². The molecule has 1 aromatic carbocycles. The van der Waals surface area contributed by atoms with E-state index in [0.717, 1.165) is 17.0 Å². The van der Waals surface area contributed by atoms with E-state index in [4.69, 9.17) is 22.1 Å². The number of anilines is 1. The van der Waals surface area contributed by atoms with Crippen LogP contribution in [0.3, 0.4) is 0 Å². The Balaban J connectivity index is 2.16. The van der Waals surface area contributed by atoms with Crippen molar-refractivity contribution in [2.75, 3.05) is 5.73 Å². The summed E-state index contributed by atoms with van der Waals surface area (Å²) in [7, 11) is 1.84. The minimum absolute atomic E-state index is 0.351. The lowest BCUT2D eigenvalue weighted by Crippen LogP contribution is -2.05. The molecular formula is C13H16ClN3O. The molecule has 0 spiro atoms. The highest BCUT2D eigenvalue weighted by Crippen LogP contribution is 2.25. The molecule has 5 heteroatoms. The van der Waals surface area contributed by atoms with Crippen LogP contribution in [-0.4, -0.2) is 9.78 Å². The topological polar surface area (TPSA) is 53.1 Å². The Kier molecular flexibility index (Phi) is 3.48. The third-order valence-electron chi connectivity index (χ3n) is 2.79. The molecule has 18 heavy (non-hydrogen) atoms. The van der Waals surface area contributed by atoms with Gasteiger partial charge in [0.15, 0.2) is 0 Å². The molecule has 0 amide bonds. The van der Waals surface area contributed by atoms with Crippen molar-refractivity contribution in [1.29, 1.82) is 0 Å². The Labute approximate surface area is 111 Å². The highest BCUT2D eigenvalue weighted by molar-refractivity contribution is 6.31. The summed E-state index contributed by atoms with van der Waals surface area (Å²) in [5, 5.41) is 4.87. The van der Waals surface area contributed by atoms with Crippen molar-refractivity contribution >= 4 is 17.3 Å². The van der Waals surface area contributed by atoms with Crippen molar-refractivity contribution in [1.82, 2.24) is 9.78 Å². The summed E-state index contributed by atoms with van der Waals surface area (Å²) in [5.41, 5.74) is 9.26. The van der Waals surface area contributed by atoms with Crippen molar-refractivity contribution in [3.8, 4) is 5.75 Å². The quantitative estimate of drug-likeness (QED) is 0.869. The van der Waals surface area contributed by atoms with E-state index in [9.17, 15) is 0 Å². The molecule has 0 aliphatic heterocycles. The van der Waals surface area contributed by atoms with Crippen LogP contribution in [0.25, 0.3) is 0 Å². The molecule has 0 saturated carbocycles. The van der Waals surface area contributed by atoms with Crippen LogP contribution >= 0.6 is 11.6 Å². The zero-order chi connectivity index (χ0) is 13.3. The van der Waals surface area contributed by atoms with E-state index in [1.807, 2.05) is 39.1 Å². The van der Waals surface area contributed by atoms with Crippen LogP contribution in [0.1, 0.15) is 17.0 Å². The first-order chi connectivity index (χ1) is 8.49. The van der Waals surface area contributed by atoms with E-state index in [1.54, 1.807) is 4.68 Å². The number of rotatable bonds is 3. The number of hydrogen-bond acceptors (Lipinski definition) is 3. The SMILES string of the molecule is Cc1ccc(OCc2c(Cl)c(C)nn2C)c(N)c1. The van der Waals surface area contributed by atoms with Gasteiger partial charge in [0.05, 0.1) is 22.1 Å². The lowest BCUT2D eigenvalue weighted by Gasteiger charge is -2.10. The minimum atomic E-state index is 0.351. The number of nitrogen functional groups attached to an aromatic ring is 1. The highest BCUT2D eigenvalue weighted by Gasteiger charge is 2.12. The summed E-state index contributed by atoms with van der Waals surface area (Å²) in [5.74, 6) is 0.663. The van der Waals surface area contributed by atoms with Gasteiger partial charge in [-0.05, 0) is 31.5 Å². The van der Waals surface area contributed by atoms with Crippen LogP contribution in [0.15, 0.2) is 18.2 Å². The second-order valence-electron chi connectivity index (χ2n) is 4.30. The number of aromatic nitrogens is 2. The van der Waals surface area contributed by atoms with E-state index in [0.29, 0.717) is 23.1 Å². The van der Waals surface area contributed by atoms with E-state index < -0.39 is 0 Å². The first-order valence-corrected chi connectivity index (χ1v) is 6.03. The number of halogens is 1. The van der Waals surface area contributed by atoms with Crippen molar-refractivity contribution in [2.45, 2.75) is 20.5 Å². The van der Waals surface area contributed by atoms with Crippen molar-refractivity contribution < 1.29 is 4.74 Å². The minimum Gasteiger partial charge on any atom is -0.485 e. The molecule has 4 nitrogen and oxygen atoms in total. The molecule has 0 saturated heterocycles. The zero-order valence-electron chi connectivity index (χ0n) is 10.7. The smallest absolute Gasteiger partial charge is 0.142 e. The van der Waals surface area contributed by atoms with Crippen molar-refractivity contribution in [2.24, 2.45) is 7.05 Å². The first-order valence-electron chi connectivity index (χ1n) is 5.66. The molecule has 1 aromatic heterocycles. The van der Waals surface area contributed by atoms with E-state index in [2.05, 4.69) is 5.10 Å². The maximum absolute atomic E-state index is 6.15. The summed E-state index contributed by atoms with van der Waals surface area (Å²) in [6, 6.07) is 5.70. The second-order valence-corrected chi connectivity index (χ2v) is 4.68. The molecule has 1 heterocycles. The highest BCUT2D eigenvalue weighted by atomic mass is 35.5. The average molecular weight is 266 g/mol. The third kappa shape index (κ3) is 2.43. The third-order valence-corrected chi connectivity index (χ3v) is 3.28. The number of nitrogens with two attached hydrogens (primary N) is 1. The van der Waals surface area contributed by atoms with E-state index in [-0.39, 0.29) is 0 Å². The average Bonchev–Trinajstić information content (AvgIpc) is 2.53. The number of hydrogen-bond donors (Lipinski definition) is 1. The van der Waals surface area contributed by atoms with Gasteiger partial charge in [-0.2, -0.15) is 5.10 Å². The summed E-state index contributed by atoms with van der Waals surface area (Å²) in [6.45, 7) is 4.21. The number of nitrogens with zero attached hydrogens (tertiary/aromatic N) is 2. The summed E-state index contributed by atoms with van der Waals surface area (Å²) in [4.78, 5) is 0. The fraction of sp³-hybridized carbons (Fsp3) is 0.308. The predicted molar refractivity (Wildman–Crippen MR) is 72.9 cm³/mol. The Bertz CT molecular complexity index is 578. The summed E-state index contributed by atoms with van der Waals surface area (Å²) >= 11 is 6.15. The molecule has 0 fully saturated rings. The Hall–Kier alpha value is -1.68. The van der Waals surface area contributed by atoms with Gasteiger partial charge < -0.3 is 10.5 Å². The molecule has 2 rings (SSSR count). The van der Waals surface area contributed by atoms with Crippen LogP contribution < -0.4 is 10.5 Å². The van der Waals surface area contributed by atoms with Gasteiger partial charge >= 0.3 is 0 Å². The standard InChI is InChI=1S/C13H16ClN3O/c1-8-4-5-12(10(15)6-8)18-7-11-13(14)9(2)16-17(11)3/h4-6H,7,15H2,1-3H3. The number of ether oxygens (including phenoxy) is 1. The molecule has 2 aromatic rings. The number of benzene rings is 1. The van der Waals surface area contributed by atoms with Crippen LogP contribution in [0, 0.1) is 13.8 Å². The monoisotopic (exact) mass is 265 g/mol. The molecule has 2 N–H and O–H groups in total. The normalized spacial score (nSPS) is 10.7. The maximum atomic E-state index is 6.15. The molecule has 0 radical (unpaired) electrons. The van der Waals surface area contributed by atoms with Gasteiger partial charge in [0.1, 0.15) is 12.4 Å². The van der Waals surface area contributed by atoms with Gasteiger partial charge in [0.2, 0.25) is 0 Å². The maximum Gasteiger partial charge on any atom is 0.142 e. The van der Waals surface area contributed by atoms with Gasteiger partial charge in [-0.1, -0.05) is 17.7 Å². The molecule has 96 valence electrons. The Morgan fingerprint density at radius 1 is 1.39 bits per heavy atom. The van der Waals surface area contributed by atoms with E-state index in [1.165, 1.54) is 0 Å². The Morgan fingerprint density at radius 2 is 2.11 bits per heavy atom. The van der Waals surface area contributed by atoms with Gasteiger partial charge in [0, 0.05) is 7.05 Å².